The minimum atomic E-state index is 0.741. The fourth-order valence-electron chi connectivity index (χ4n) is 2.77. The number of hydrogen-bond donors (Lipinski definition) is 0. The van der Waals surface area contributed by atoms with Crippen LogP contribution in [0.25, 0.3) is 28.7 Å². The third kappa shape index (κ3) is 2.61. The van der Waals surface area contributed by atoms with Gasteiger partial charge in [0.1, 0.15) is 5.15 Å². The number of benzene rings is 2. The summed E-state index contributed by atoms with van der Waals surface area (Å²) in [5, 5.41) is 3.98. The lowest BCUT2D eigenvalue weighted by Crippen LogP contribution is -1.92. The van der Waals surface area contributed by atoms with E-state index in [2.05, 4.69) is 64.6 Å². The maximum atomic E-state index is 6.74. The maximum Gasteiger partial charge on any atom is 0.121 e. The molecule has 0 fully saturated rings. The Morgan fingerprint density at radius 2 is 1.61 bits per heavy atom. The number of aromatic nitrogens is 1. The van der Waals surface area contributed by atoms with E-state index in [4.69, 9.17) is 11.6 Å². The molecule has 1 nitrogen and oxygen atoms in total. The van der Waals surface area contributed by atoms with Gasteiger partial charge in [0.15, 0.2) is 0 Å². The van der Waals surface area contributed by atoms with Gasteiger partial charge < -0.3 is 0 Å². The summed E-state index contributed by atoms with van der Waals surface area (Å²) in [6.07, 6.45) is 4.23. The zero-order valence-corrected chi connectivity index (χ0v) is 13.9. The quantitative estimate of drug-likeness (QED) is 0.402. The molecular formula is C20H14ClNS. The van der Waals surface area contributed by atoms with Gasteiger partial charge >= 0.3 is 0 Å². The largest absolute Gasteiger partial charge is 0.300 e. The summed E-state index contributed by atoms with van der Waals surface area (Å²) in [4.78, 5) is 1.22. The molecule has 0 bridgehead atoms. The second-order valence-electron chi connectivity index (χ2n) is 5.24. The topological polar surface area (TPSA) is 4.93 Å². The summed E-state index contributed by atoms with van der Waals surface area (Å²) in [5.74, 6) is 0. The molecule has 0 amide bonds. The van der Waals surface area contributed by atoms with Crippen molar-refractivity contribution in [3.8, 4) is 5.69 Å². The lowest BCUT2D eigenvalue weighted by atomic mass is 10.1. The Morgan fingerprint density at radius 3 is 2.39 bits per heavy atom. The second kappa shape index (κ2) is 6.07. The number of nitrogens with zero attached hydrogens (tertiary/aromatic N) is 1. The standard InChI is InChI=1S/C20H14ClNS/c21-20-18(13-12-16-9-6-14-23-16)17-10-4-5-11-19(17)22(20)15-7-2-1-3-8-15/h1-14H/b13-12-. The first-order valence-corrected chi connectivity index (χ1v) is 8.66. The number of thiophene rings is 1. The summed E-state index contributed by atoms with van der Waals surface area (Å²) < 4.78 is 2.10. The van der Waals surface area contributed by atoms with Gasteiger partial charge in [-0.1, -0.05) is 54.1 Å². The van der Waals surface area contributed by atoms with Crippen molar-refractivity contribution in [1.29, 1.82) is 0 Å². The molecular weight excluding hydrogens is 322 g/mol. The van der Waals surface area contributed by atoms with Crippen molar-refractivity contribution in [1.82, 2.24) is 4.57 Å². The molecule has 2 heterocycles. The number of fused-ring (bicyclic) bond motifs is 1. The van der Waals surface area contributed by atoms with E-state index in [0.29, 0.717) is 0 Å². The van der Waals surface area contributed by atoms with Crippen LogP contribution in [0.3, 0.4) is 0 Å². The number of rotatable bonds is 3. The highest BCUT2D eigenvalue weighted by molar-refractivity contribution is 7.10. The van der Waals surface area contributed by atoms with Crippen molar-refractivity contribution < 1.29 is 0 Å². The molecule has 0 spiro atoms. The Balaban J connectivity index is 1.93. The Kier molecular flexibility index (Phi) is 3.78. The highest BCUT2D eigenvalue weighted by atomic mass is 35.5. The first kappa shape index (κ1) is 14.3. The minimum absolute atomic E-state index is 0.741. The van der Waals surface area contributed by atoms with Gasteiger partial charge in [0.05, 0.1) is 5.52 Å². The summed E-state index contributed by atoms with van der Waals surface area (Å²) in [6, 6.07) is 22.7. The van der Waals surface area contributed by atoms with Gasteiger partial charge in [0.25, 0.3) is 0 Å². The van der Waals surface area contributed by atoms with Gasteiger partial charge in [-0.25, -0.2) is 0 Å². The third-order valence-electron chi connectivity index (χ3n) is 3.83. The van der Waals surface area contributed by atoms with Crippen LogP contribution in [0, 0.1) is 0 Å². The van der Waals surface area contributed by atoms with Crippen molar-refractivity contribution in [3.63, 3.8) is 0 Å². The van der Waals surface area contributed by atoms with E-state index in [9.17, 15) is 0 Å². The third-order valence-corrected chi connectivity index (χ3v) is 5.04. The first-order valence-electron chi connectivity index (χ1n) is 7.40. The molecule has 4 aromatic rings. The molecule has 23 heavy (non-hydrogen) atoms. The molecule has 0 aliphatic heterocycles. The molecule has 0 aliphatic carbocycles. The molecule has 0 saturated carbocycles. The van der Waals surface area contributed by atoms with Gasteiger partial charge in [0.2, 0.25) is 0 Å². The fourth-order valence-corrected chi connectivity index (χ4v) is 3.74. The van der Waals surface area contributed by atoms with Crippen LogP contribution in [0.15, 0.2) is 72.1 Å². The summed E-state index contributed by atoms with van der Waals surface area (Å²) in [6.45, 7) is 0. The highest BCUT2D eigenvalue weighted by Gasteiger charge is 2.14. The smallest absolute Gasteiger partial charge is 0.121 e. The van der Waals surface area contributed by atoms with Crippen molar-refractivity contribution in [2.75, 3.05) is 0 Å². The van der Waals surface area contributed by atoms with Crippen molar-refractivity contribution >= 4 is 46.0 Å². The van der Waals surface area contributed by atoms with Crippen molar-refractivity contribution in [3.05, 3.63) is 87.7 Å². The van der Waals surface area contributed by atoms with E-state index in [-0.39, 0.29) is 0 Å². The van der Waals surface area contributed by atoms with E-state index in [1.807, 2.05) is 24.3 Å². The van der Waals surface area contributed by atoms with Crippen molar-refractivity contribution in [2.24, 2.45) is 0 Å². The van der Waals surface area contributed by atoms with Crippen LogP contribution in [-0.2, 0) is 0 Å². The molecule has 0 aliphatic rings. The molecule has 0 radical (unpaired) electrons. The monoisotopic (exact) mass is 335 g/mol. The zero-order valence-electron chi connectivity index (χ0n) is 12.3. The van der Waals surface area contributed by atoms with E-state index in [1.165, 1.54) is 4.88 Å². The Morgan fingerprint density at radius 1 is 0.826 bits per heavy atom. The summed E-state index contributed by atoms with van der Waals surface area (Å²) in [7, 11) is 0. The second-order valence-corrected chi connectivity index (χ2v) is 6.58. The summed E-state index contributed by atoms with van der Waals surface area (Å²) >= 11 is 8.46. The van der Waals surface area contributed by atoms with E-state index >= 15 is 0 Å². The van der Waals surface area contributed by atoms with Gasteiger partial charge in [-0.2, -0.15) is 0 Å². The zero-order chi connectivity index (χ0) is 15.6. The van der Waals surface area contributed by atoms with E-state index in [1.54, 1.807) is 11.3 Å². The minimum Gasteiger partial charge on any atom is -0.300 e. The van der Waals surface area contributed by atoms with Gasteiger partial charge in [-0.3, -0.25) is 4.57 Å². The first-order chi connectivity index (χ1) is 11.3. The molecule has 2 aromatic carbocycles. The SMILES string of the molecule is Clc1c(/C=C\c2cccs2)c2ccccc2n1-c1ccccc1. The Bertz CT molecular complexity index is 966. The number of halogens is 1. The van der Waals surface area contributed by atoms with Gasteiger partial charge in [-0.15, -0.1) is 11.3 Å². The average molecular weight is 336 g/mol. The Hall–Kier alpha value is -2.29. The van der Waals surface area contributed by atoms with Gasteiger partial charge in [-0.05, 0) is 41.8 Å². The van der Waals surface area contributed by atoms with E-state index in [0.717, 1.165) is 27.3 Å². The van der Waals surface area contributed by atoms with Crippen LogP contribution in [0.2, 0.25) is 5.15 Å². The Labute approximate surface area is 144 Å². The van der Waals surface area contributed by atoms with Crippen molar-refractivity contribution in [2.45, 2.75) is 0 Å². The molecule has 0 unspecified atom stereocenters. The molecule has 0 saturated heterocycles. The fraction of sp³-hybridized carbons (Fsp3) is 0. The number of hydrogen-bond acceptors (Lipinski definition) is 1. The van der Waals surface area contributed by atoms with Crippen LogP contribution in [0.4, 0.5) is 0 Å². The predicted octanol–water partition coefficient (Wildman–Crippen LogP) is 6.52. The molecule has 2 aromatic heterocycles. The van der Waals surface area contributed by atoms with Crippen LogP contribution >= 0.6 is 22.9 Å². The average Bonchev–Trinajstić information content (AvgIpc) is 3.19. The highest BCUT2D eigenvalue weighted by Crippen LogP contribution is 2.34. The molecule has 3 heteroatoms. The summed E-state index contributed by atoms with van der Waals surface area (Å²) in [5.41, 5.74) is 3.25. The van der Waals surface area contributed by atoms with Crippen LogP contribution < -0.4 is 0 Å². The molecule has 112 valence electrons. The lowest BCUT2D eigenvalue weighted by Gasteiger charge is -2.06. The van der Waals surface area contributed by atoms with Crippen LogP contribution in [0.5, 0.6) is 0 Å². The normalized spacial score (nSPS) is 11.5. The lowest BCUT2D eigenvalue weighted by molar-refractivity contribution is 1.13. The molecule has 0 N–H and O–H groups in total. The maximum absolute atomic E-state index is 6.74. The van der Waals surface area contributed by atoms with E-state index < -0.39 is 0 Å². The van der Waals surface area contributed by atoms with Crippen LogP contribution in [-0.4, -0.2) is 4.57 Å². The predicted molar refractivity (Wildman–Crippen MR) is 102 cm³/mol. The molecule has 4 rings (SSSR count). The molecule has 0 atom stereocenters. The van der Waals surface area contributed by atoms with Crippen LogP contribution in [0.1, 0.15) is 10.4 Å². The van der Waals surface area contributed by atoms with Gasteiger partial charge in [0, 0.05) is 21.5 Å². The number of para-hydroxylation sites is 2.